The van der Waals surface area contributed by atoms with Gasteiger partial charge in [-0.2, -0.15) is 0 Å². The summed E-state index contributed by atoms with van der Waals surface area (Å²) in [6.45, 7) is 4.78. The first-order chi connectivity index (χ1) is 16.6. The maximum atomic E-state index is 9.57. The quantitative estimate of drug-likeness (QED) is 0.584. The van der Waals surface area contributed by atoms with E-state index in [1.807, 2.05) is 6.07 Å². The molecule has 0 aromatic heterocycles. The van der Waals surface area contributed by atoms with Crippen LogP contribution < -0.4 is 4.74 Å². The molecular weight excluding hydrogens is 424 g/mol. The van der Waals surface area contributed by atoms with Crippen molar-refractivity contribution in [1.82, 2.24) is 0 Å². The second kappa shape index (κ2) is 8.96. The summed E-state index contributed by atoms with van der Waals surface area (Å²) in [4.78, 5) is 0. The molecule has 34 heavy (non-hydrogen) atoms. The van der Waals surface area contributed by atoms with Crippen molar-refractivity contribution in [3.8, 4) is 5.75 Å². The Hall–Kier alpha value is -1.88. The predicted molar refractivity (Wildman–Crippen MR) is 132 cm³/mol. The van der Waals surface area contributed by atoms with Crippen LogP contribution in [0.3, 0.4) is 0 Å². The third kappa shape index (κ3) is 3.61. The van der Waals surface area contributed by atoms with Gasteiger partial charge in [-0.3, -0.25) is 0 Å². The Bertz CT molecular complexity index is 998. The number of aryl methyl sites for hydroxylation is 1. The highest BCUT2D eigenvalue weighted by atomic mass is 16.7. The maximum absolute atomic E-state index is 9.57. The minimum Gasteiger partial charge on any atom is -0.489 e. The van der Waals surface area contributed by atoms with Crippen LogP contribution in [0.4, 0.5) is 0 Å². The zero-order valence-electron chi connectivity index (χ0n) is 20.4. The molecule has 1 saturated heterocycles. The first kappa shape index (κ1) is 22.6. The highest BCUT2D eigenvalue weighted by molar-refractivity contribution is 5.41. The molecule has 4 aliphatic rings. The van der Waals surface area contributed by atoms with Gasteiger partial charge in [-0.05, 0) is 91.0 Å². The Balaban J connectivity index is 1.25. The summed E-state index contributed by atoms with van der Waals surface area (Å²) >= 11 is 0. The SMILES string of the molecule is C[C@]12CC[C@@H]3c4ccc(OCc5ccccc5)cc4CC[C@H]3[C@@H]1[C@H](CCCO)CC21OCCO1. The van der Waals surface area contributed by atoms with Gasteiger partial charge in [0.05, 0.1) is 13.2 Å². The number of hydrogen-bond acceptors (Lipinski definition) is 4. The topological polar surface area (TPSA) is 47.9 Å². The van der Waals surface area contributed by atoms with E-state index in [0.717, 1.165) is 51.1 Å². The molecule has 0 unspecified atom stereocenters. The highest BCUT2D eigenvalue weighted by Crippen LogP contribution is 2.68. The van der Waals surface area contributed by atoms with Crippen molar-refractivity contribution >= 4 is 0 Å². The molecular formula is C30H38O4. The maximum Gasteiger partial charge on any atom is 0.174 e. The van der Waals surface area contributed by atoms with E-state index in [0.29, 0.717) is 30.3 Å². The molecule has 1 aliphatic heterocycles. The van der Waals surface area contributed by atoms with E-state index in [1.165, 1.54) is 24.0 Å². The molecule has 0 radical (unpaired) electrons. The monoisotopic (exact) mass is 462 g/mol. The van der Waals surface area contributed by atoms with Gasteiger partial charge in [-0.25, -0.2) is 0 Å². The van der Waals surface area contributed by atoms with Crippen LogP contribution in [0.25, 0.3) is 0 Å². The largest absolute Gasteiger partial charge is 0.489 e. The van der Waals surface area contributed by atoms with E-state index in [4.69, 9.17) is 14.2 Å². The lowest BCUT2D eigenvalue weighted by Crippen LogP contribution is -2.51. The van der Waals surface area contributed by atoms with Crippen molar-refractivity contribution in [3.63, 3.8) is 0 Å². The molecule has 2 aromatic rings. The molecule has 2 saturated carbocycles. The minimum atomic E-state index is -0.405. The van der Waals surface area contributed by atoms with Gasteiger partial charge in [0.1, 0.15) is 12.4 Å². The van der Waals surface area contributed by atoms with Gasteiger partial charge in [0, 0.05) is 18.4 Å². The Morgan fingerprint density at radius 1 is 1.06 bits per heavy atom. The zero-order chi connectivity index (χ0) is 23.2. The van der Waals surface area contributed by atoms with Crippen molar-refractivity contribution in [2.75, 3.05) is 19.8 Å². The number of hydrogen-bond donors (Lipinski definition) is 1. The highest BCUT2D eigenvalue weighted by Gasteiger charge is 2.68. The molecule has 3 aliphatic carbocycles. The second-order valence-corrected chi connectivity index (χ2v) is 11.2. The lowest BCUT2D eigenvalue weighted by molar-refractivity contribution is -0.237. The van der Waals surface area contributed by atoms with Crippen molar-refractivity contribution in [3.05, 3.63) is 65.2 Å². The minimum absolute atomic E-state index is 0.0705. The Morgan fingerprint density at radius 3 is 2.68 bits per heavy atom. The molecule has 2 aromatic carbocycles. The Kier molecular flexibility index (Phi) is 5.95. The Labute approximate surface area is 203 Å². The summed E-state index contributed by atoms with van der Waals surface area (Å²) in [5, 5.41) is 9.57. The molecule has 1 heterocycles. The molecule has 6 rings (SSSR count). The number of aliphatic hydroxyl groups is 1. The van der Waals surface area contributed by atoms with Gasteiger partial charge in [-0.15, -0.1) is 0 Å². The molecule has 1 spiro atoms. The smallest absolute Gasteiger partial charge is 0.174 e. The van der Waals surface area contributed by atoms with Gasteiger partial charge in [0.15, 0.2) is 5.79 Å². The summed E-state index contributed by atoms with van der Waals surface area (Å²) in [6.07, 6.45) is 7.66. The number of fused-ring (bicyclic) bond motifs is 6. The van der Waals surface area contributed by atoms with Crippen molar-refractivity contribution < 1.29 is 19.3 Å². The van der Waals surface area contributed by atoms with Crippen LogP contribution in [0, 0.1) is 23.2 Å². The van der Waals surface area contributed by atoms with Gasteiger partial charge < -0.3 is 19.3 Å². The van der Waals surface area contributed by atoms with Crippen molar-refractivity contribution in [2.24, 2.45) is 23.2 Å². The van der Waals surface area contributed by atoms with Crippen LogP contribution in [0.2, 0.25) is 0 Å². The normalized spacial score (nSPS) is 33.4. The molecule has 1 N–H and O–H groups in total. The number of aliphatic hydroxyl groups excluding tert-OH is 1. The standard InChI is InChI=1S/C30H38O4/c1-29-14-13-26-25-12-10-24(32-20-21-6-3-2-4-7-21)18-22(25)9-11-27(26)28(29)23(8-5-15-31)19-30(29)33-16-17-34-30/h2-4,6-7,10,12,18,23,26-28,31H,5,8-9,11,13-17,19-20H2,1H3/t23-,26-,27-,28+,29+/m1/s1. The van der Waals surface area contributed by atoms with Crippen LogP contribution in [0.15, 0.2) is 48.5 Å². The van der Waals surface area contributed by atoms with E-state index in [-0.39, 0.29) is 12.0 Å². The third-order valence-electron chi connectivity index (χ3n) is 9.59. The summed E-state index contributed by atoms with van der Waals surface area (Å²) in [5.74, 6) is 3.01. The van der Waals surface area contributed by atoms with Crippen molar-refractivity contribution in [1.29, 1.82) is 0 Å². The average Bonchev–Trinajstić information content (AvgIpc) is 3.45. The van der Waals surface area contributed by atoms with Gasteiger partial charge in [-0.1, -0.05) is 43.3 Å². The number of benzene rings is 2. The summed E-state index contributed by atoms with van der Waals surface area (Å²) in [7, 11) is 0. The van der Waals surface area contributed by atoms with E-state index in [2.05, 4.69) is 49.4 Å². The average molecular weight is 463 g/mol. The van der Waals surface area contributed by atoms with Crippen LogP contribution in [0.1, 0.15) is 68.1 Å². The molecule has 4 heteroatoms. The van der Waals surface area contributed by atoms with E-state index in [1.54, 1.807) is 5.56 Å². The van der Waals surface area contributed by atoms with E-state index < -0.39 is 5.79 Å². The van der Waals surface area contributed by atoms with Gasteiger partial charge in [0.25, 0.3) is 0 Å². The van der Waals surface area contributed by atoms with E-state index >= 15 is 0 Å². The Morgan fingerprint density at radius 2 is 1.88 bits per heavy atom. The fraction of sp³-hybridized carbons (Fsp3) is 0.600. The fourth-order valence-electron chi connectivity index (χ4n) is 8.20. The van der Waals surface area contributed by atoms with Crippen LogP contribution in [-0.4, -0.2) is 30.7 Å². The van der Waals surface area contributed by atoms with Crippen LogP contribution >= 0.6 is 0 Å². The summed E-state index contributed by atoms with van der Waals surface area (Å²) < 4.78 is 19.0. The second-order valence-electron chi connectivity index (χ2n) is 11.2. The van der Waals surface area contributed by atoms with Gasteiger partial charge >= 0.3 is 0 Å². The molecule has 3 fully saturated rings. The molecule has 0 bridgehead atoms. The first-order valence-corrected chi connectivity index (χ1v) is 13.3. The fourth-order valence-corrected chi connectivity index (χ4v) is 8.20. The first-order valence-electron chi connectivity index (χ1n) is 13.3. The predicted octanol–water partition coefficient (Wildman–Crippen LogP) is 5.86. The summed E-state index contributed by atoms with van der Waals surface area (Å²) in [6, 6.07) is 17.2. The van der Waals surface area contributed by atoms with Crippen LogP contribution in [0.5, 0.6) is 5.75 Å². The molecule has 182 valence electrons. The van der Waals surface area contributed by atoms with Crippen molar-refractivity contribution in [2.45, 2.75) is 70.2 Å². The van der Waals surface area contributed by atoms with E-state index in [9.17, 15) is 5.11 Å². The molecule has 4 nitrogen and oxygen atoms in total. The summed E-state index contributed by atoms with van der Waals surface area (Å²) in [5.41, 5.74) is 4.29. The third-order valence-corrected chi connectivity index (χ3v) is 9.59. The van der Waals surface area contributed by atoms with Gasteiger partial charge in [0.2, 0.25) is 0 Å². The lowest BCUT2D eigenvalue weighted by Gasteiger charge is -2.53. The number of rotatable bonds is 6. The molecule has 5 atom stereocenters. The lowest BCUT2D eigenvalue weighted by atomic mass is 9.53. The zero-order valence-corrected chi connectivity index (χ0v) is 20.4. The molecule has 0 amide bonds. The number of ether oxygens (including phenoxy) is 3. The van der Waals surface area contributed by atoms with Crippen LogP contribution in [-0.2, 0) is 22.5 Å².